The largest absolute Gasteiger partial charge is 0.480 e. The van der Waals surface area contributed by atoms with Crippen molar-refractivity contribution in [1.29, 1.82) is 0 Å². The van der Waals surface area contributed by atoms with Crippen molar-refractivity contribution >= 4 is 46.8 Å². The summed E-state index contributed by atoms with van der Waals surface area (Å²) in [4.78, 5) is 36.2. The molecule has 1 aliphatic heterocycles. The fourth-order valence-electron chi connectivity index (χ4n) is 2.22. The first-order chi connectivity index (χ1) is 11.4. The van der Waals surface area contributed by atoms with E-state index in [9.17, 15) is 14.4 Å². The normalized spacial score (nSPS) is 17.4. The smallest absolute Gasteiger partial charge is 0.326 e. The van der Waals surface area contributed by atoms with Gasteiger partial charge in [-0.2, -0.15) is 0 Å². The number of thioether (sulfide) groups is 1. The van der Waals surface area contributed by atoms with E-state index < -0.39 is 23.2 Å². The molecular weight excluding hydrogens is 352 g/mol. The number of aliphatic carboxylic acids is 1. The predicted octanol–water partition coefficient (Wildman–Crippen LogP) is 2.68. The molecule has 2 rings (SSSR count). The van der Waals surface area contributed by atoms with Crippen LogP contribution in [0.3, 0.4) is 0 Å². The fraction of sp³-hybridized carbons (Fsp3) is 0.312. The molecule has 1 heterocycles. The summed E-state index contributed by atoms with van der Waals surface area (Å²) in [5.74, 6) is -1.88. The predicted molar refractivity (Wildman–Crippen MR) is 93.3 cm³/mol. The summed E-state index contributed by atoms with van der Waals surface area (Å²) in [5.41, 5.74) is 0.614. The van der Waals surface area contributed by atoms with Gasteiger partial charge in [0.05, 0.1) is 10.9 Å². The van der Waals surface area contributed by atoms with Crippen LogP contribution in [0, 0.1) is 0 Å². The summed E-state index contributed by atoms with van der Waals surface area (Å²) in [6.07, 6.45) is 2.23. The molecule has 24 heavy (non-hydrogen) atoms. The molecule has 0 spiro atoms. The Morgan fingerprint density at radius 2 is 2.25 bits per heavy atom. The van der Waals surface area contributed by atoms with Crippen molar-refractivity contribution in [3.05, 3.63) is 35.9 Å². The van der Waals surface area contributed by atoms with E-state index in [-0.39, 0.29) is 18.7 Å². The van der Waals surface area contributed by atoms with E-state index in [1.54, 1.807) is 24.3 Å². The first-order valence-corrected chi connectivity index (χ1v) is 8.56. The average molecular weight is 369 g/mol. The quantitative estimate of drug-likeness (QED) is 0.643. The van der Waals surface area contributed by atoms with Crippen LogP contribution in [0.1, 0.15) is 19.3 Å². The molecule has 6 nitrogen and oxygen atoms in total. The first kappa shape index (κ1) is 18.4. The van der Waals surface area contributed by atoms with Crippen LogP contribution in [0.4, 0.5) is 5.69 Å². The van der Waals surface area contributed by atoms with Crippen molar-refractivity contribution in [3.8, 4) is 0 Å². The summed E-state index contributed by atoms with van der Waals surface area (Å²) in [6.45, 7) is 3.53. The third-order valence-corrected chi connectivity index (χ3v) is 4.93. The molecule has 0 saturated carbocycles. The minimum atomic E-state index is -1.11. The van der Waals surface area contributed by atoms with Crippen LogP contribution in [0.5, 0.6) is 0 Å². The lowest BCUT2D eigenvalue weighted by Crippen LogP contribution is -2.43. The maximum Gasteiger partial charge on any atom is 0.326 e. The molecule has 2 atom stereocenters. The highest BCUT2D eigenvalue weighted by atomic mass is 35.5. The van der Waals surface area contributed by atoms with Crippen LogP contribution in [0.15, 0.2) is 35.7 Å². The molecule has 0 bridgehead atoms. The summed E-state index contributed by atoms with van der Waals surface area (Å²) in [7, 11) is 0. The number of hydrogen-bond donors (Lipinski definition) is 3. The second-order valence-electron chi connectivity index (χ2n) is 5.26. The molecule has 0 saturated heterocycles. The zero-order valence-electron chi connectivity index (χ0n) is 12.8. The molecule has 2 unspecified atom stereocenters. The lowest BCUT2D eigenvalue weighted by Gasteiger charge is -2.24. The van der Waals surface area contributed by atoms with Gasteiger partial charge in [-0.05, 0) is 31.0 Å². The number of hydrogen-bond acceptors (Lipinski definition) is 4. The number of allylic oxidation sites excluding steroid dienone is 1. The fourth-order valence-corrected chi connectivity index (χ4v) is 3.48. The lowest BCUT2D eigenvalue weighted by atomic mass is 10.1. The number of halogens is 1. The van der Waals surface area contributed by atoms with Gasteiger partial charge in [-0.15, -0.1) is 18.3 Å². The van der Waals surface area contributed by atoms with E-state index in [1.165, 1.54) is 11.8 Å². The Bertz CT molecular complexity index is 680. The van der Waals surface area contributed by atoms with Gasteiger partial charge in [0.1, 0.15) is 6.04 Å². The van der Waals surface area contributed by atoms with Gasteiger partial charge >= 0.3 is 5.97 Å². The third kappa shape index (κ3) is 4.75. The number of benzene rings is 1. The summed E-state index contributed by atoms with van der Waals surface area (Å²) >= 11 is 7.15. The Kier molecular flexibility index (Phi) is 6.28. The molecule has 8 heteroatoms. The van der Waals surface area contributed by atoms with Crippen molar-refractivity contribution in [1.82, 2.24) is 5.32 Å². The van der Waals surface area contributed by atoms with Crippen molar-refractivity contribution in [2.24, 2.45) is 0 Å². The summed E-state index contributed by atoms with van der Waals surface area (Å²) in [5, 5.41) is 14.2. The van der Waals surface area contributed by atoms with Crippen LogP contribution in [-0.2, 0) is 14.4 Å². The van der Waals surface area contributed by atoms with Gasteiger partial charge in [-0.25, -0.2) is 4.79 Å². The van der Waals surface area contributed by atoms with Gasteiger partial charge in [0.2, 0.25) is 11.8 Å². The first-order valence-electron chi connectivity index (χ1n) is 7.31. The maximum atomic E-state index is 12.1. The number of carboxylic acid groups (broad SMARTS) is 1. The minimum absolute atomic E-state index is 0.101. The minimum Gasteiger partial charge on any atom is -0.480 e. The molecule has 128 valence electrons. The second kappa shape index (κ2) is 8.21. The second-order valence-corrected chi connectivity index (χ2v) is 6.95. The molecule has 1 aliphatic rings. The maximum absolute atomic E-state index is 12.1. The van der Waals surface area contributed by atoms with E-state index in [1.807, 2.05) is 0 Å². The Morgan fingerprint density at radius 3 is 2.92 bits per heavy atom. The van der Waals surface area contributed by atoms with Crippen LogP contribution in [0.2, 0.25) is 5.02 Å². The monoisotopic (exact) mass is 368 g/mol. The number of nitrogens with one attached hydrogen (secondary N) is 2. The van der Waals surface area contributed by atoms with E-state index >= 15 is 0 Å². The number of carbonyl (C=O) groups excluding carboxylic acids is 2. The van der Waals surface area contributed by atoms with Crippen molar-refractivity contribution in [2.45, 2.75) is 35.4 Å². The van der Waals surface area contributed by atoms with Gasteiger partial charge in [-0.3, -0.25) is 9.59 Å². The number of fused-ring (bicyclic) bond motifs is 1. The van der Waals surface area contributed by atoms with E-state index in [2.05, 4.69) is 17.2 Å². The Morgan fingerprint density at radius 1 is 1.50 bits per heavy atom. The van der Waals surface area contributed by atoms with Crippen molar-refractivity contribution in [3.63, 3.8) is 0 Å². The standard InChI is InChI=1S/C16H17ClN2O4S/c1-2-3-4-10(16(22)23)18-14(20)8-13-15(21)19-11-7-9(17)5-6-12(11)24-13/h2,5-7,10,13H,1,3-4,8H2,(H,18,20)(H,19,21)(H,22,23). The van der Waals surface area contributed by atoms with Gasteiger partial charge in [0, 0.05) is 16.3 Å². The molecule has 0 aromatic heterocycles. The SMILES string of the molecule is C=CCCC(NC(=O)CC1Sc2ccc(Cl)cc2NC1=O)C(=O)O. The Hall–Kier alpha value is -1.99. The molecular formula is C16H17ClN2O4S. The number of carboxylic acids is 1. The number of anilines is 1. The third-order valence-electron chi connectivity index (χ3n) is 3.42. The van der Waals surface area contributed by atoms with Crippen molar-refractivity contribution < 1.29 is 19.5 Å². The molecule has 1 aromatic carbocycles. The summed E-state index contributed by atoms with van der Waals surface area (Å²) < 4.78 is 0. The number of amides is 2. The van der Waals surface area contributed by atoms with Crippen LogP contribution < -0.4 is 10.6 Å². The Labute approximate surface area is 148 Å². The van der Waals surface area contributed by atoms with Gasteiger partial charge < -0.3 is 15.7 Å². The highest BCUT2D eigenvalue weighted by Gasteiger charge is 2.30. The van der Waals surface area contributed by atoms with Gasteiger partial charge in [0.15, 0.2) is 0 Å². The molecule has 1 aromatic rings. The molecule has 0 fully saturated rings. The summed E-state index contributed by atoms with van der Waals surface area (Å²) in [6, 6.07) is 4.14. The highest BCUT2D eigenvalue weighted by Crippen LogP contribution is 2.38. The van der Waals surface area contributed by atoms with Gasteiger partial charge in [-0.1, -0.05) is 17.7 Å². The molecule has 0 aliphatic carbocycles. The van der Waals surface area contributed by atoms with E-state index in [0.717, 1.165) is 4.90 Å². The van der Waals surface area contributed by atoms with Crippen LogP contribution >= 0.6 is 23.4 Å². The van der Waals surface area contributed by atoms with Crippen molar-refractivity contribution in [2.75, 3.05) is 5.32 Å². The number of rotatable bonds is 7. The van der Waals surface area contributed by atoms with E-state index in [0.29, 0.717) is 17.1 Å². The zero-order valence-corrected chi connectivity index (χ0v) is 14.3. The van der Waals surface area contributed by atoms with Gasteiger partial charge in [0.25, 0.3) is 0 Å². The molecule has 2 amide bonds. The Balaban J connectivity index is 1.98. The van der Waals surface area contributed by atoms with Crippen LogP contribution in [-0.4, -0.2) is 34.2 Å². The van der Waals surface area contributed by atoms with Crippen LogP contribution in [0.25, 0.3) is 0 Å². The van der Waals surface area contributed by atoms with E-state index in [4.69, 9.17) is 16.7 Å². The topological polar surface area (TPSA) is 95.5 Å². The number of carbonyl (C=O) groups is 3. The average Bonchev–Trinajstić information content (AvgIpc) is 2.52. The molecule has 0 radical (unpaired) electrons. The lowest BCUT2D eigenvalue weighted by molar-refractivity contribution is -0.142. The molecule has 3 N–H and O–H groups in total. The zero-order chi connectivity index (χ0) is 17.7. The highest BCUT2D eigenvalue weighted by molar-refractivity contribution is 8.01.